The Labute approximate surface area is 155 Å². The lowest BCUT2D eigenvalue weighted by Gasteiger charge is -2.08. The van der Waals surface area contributed by atoms with Gasteiger partial charge in [-0.25, -0.2) is 17.5 Å². The number of nitrogens with one attached hydrogen (secondary N) is 2. The molecule has 140 valence electrons. The summed E-state index contributed by atoms with van der Waals surface area (Å²) in [6.45, 7) is 0.458. The lowest BCUT2D eigenvalue weighted by Crippen LogP contribution is -2.14. The van der Waals surface area contributed by atoms with E-state index in [9.17, 15) is 17.6 Å². The molecule has 10 heteroatoms. The fraction of sp³-hybridized carbons (Fsp3) is 0.118. The van der Waals surface area contributed by atoms with Gasteiger partial charge in [-0.1, -0.05) is 35.5 Å². The summed E-state index contributed by atoms with van der Waals surface area (Å²) >= 11 is 0. The lowest BCUT2D eigenvalue weighted by atomic mass is 10.2. The predicted octanol–water partition coefficient (Wildman–Crippen LogP) is 2.09. The number of amides is 1. The normalized spacial score (nSPS) is 11.2. The molecule has 0 saturated carbocycles. The van der Waals surface area contributed by atoms with Crippen LogP contribution >= 0.6 is 0 Å². The number of anilines is 2. The molecule has 0 radical (unpaired) electrons. The van der Waals surface area contributed by atoms with Crippen molar-refractivity contribution < 1.29 is 17.6 Å². The first-order valence-corrected chi connectivity index (χ1v) is 9.72. The van der Waals surface area contributed by atoms with Gasteiger partial charge in [0.2, 0.25) is 10.0 Å². The van der Waals surface area contributed by atoms with Gasteiger partial charge < -0.3 is 5.32 Å². The van der Waals surface area contributed by atoms with E-state index in [1.807, 2.05) is 35.1 Å². The number of carbonyl (C=O) groups excluding carboxylic acids is 1. The SMILES string of the molecule is CS(=O)(=O)Nc1cc(NC(=O)c2cn(Cc3ccccc3)nn2)ccc1F. The molecule has 0 unspecified atom stereocenters. The minimum atomic E-state index is -3.65. The first kappa shape index (κ1) is 18.5. The van der Waals surface area contributed by atoms with Crippen molar-refractivity contribution in [2.45, 2.75) is 6.54 Å². The Bertz CT molecular complexity index is 1070. The Kier molecular flexibility index (Phi) is 5.17. The Hall–Kier alpha value is -3.27. The number of benzene rings is 2. The van der Waals surface area contributed by atoms with Crippen LogP contribution in [-0.2, 0) is 16.6 Å². The summed E-state index contributed by atoms with van der Waals surface area (Å²) in [7, 11) is -3.65. The predicted molar refractivity (Wildman–Crippen MR) is 98.4 cm³/mol. The molecule has 3 rings (SSSR count). The molecule has 2 N–H and O–H groups in total. The number of hydrogen-bond acceptors (Lipinski definition) is 5. The first-order valence-electron chi connectivity index (χ1n) is 7.83. The summed E-state index contributed by atoms with van der Waals surface area (Å²) in [6, 6.07) is 13.1. The topological polar surface area (TPSA) is 106 Å². The number of halogens is 1. The molecule has 0 spiro atoms. The van der Waals surface area contributed by atoms with Gasteiger partial charge in [-0.05, 0) is 23.8 Å². The van der Waals surface area contributed by atoms with Crippen LogP contribution in [0, 0.1) is 5.82 Å². The molecule has 2 aromatic carbocycles. The van der Waals surface area contributed by atoms with Crippen LogP contribution < -0.4 is 10.0 Å². The minimum absolute atomic E-state index is 0.0767. The zero-order valence-corrected chi connectivity index (χ0v) is 15.1. The standard InChI is InChI=1S/C17H16FN5O3S/c1-27(25,26)21-15-9-13(7-8-14(15)18)19-17(24)16-11-23(22-20-16)10-12-5-3-2-4-6-12/h2-9,11,21H,10H2,1H3,(H,19,24). The van der Waals surface area contributed by atoms with Crippen LogP contribution in [0.4, 0.5) is 15.8 Å². The molecular weight excluding hydrogens is 373 g/mol. The summed E-state index contributed by atoms with van der Waals surface area (Å²) in [5.41, 5.74) is 1.03. The molecule has 8 nitrogen and oxygen atoms in total. The average molecular weight is 389 g/mol. The molecule has 27 heavy (non-hydrogen) atoms. The second-order valence-electron chi connectivity index (χ2n) is 5.81. The van der Waals surface area contributed by atoms with Crippen molar-refractivity contribution in [2.75, 3.05) is 16.3 Å². The van der Waals surface area contributed by atoms with E-state index in [0.717, 1.165) is 17.9 Å². The van der Waals surface area contributed by atoms with E-state index < -0.39 is 21.7 Å². The van der Waals surface area contributed by atoms with Crippen molar-refractivity contribution in [2.24, 2.45) is 0 Å². The summed E-state index contributed by atoms with van der Waals surface area (Å²) in [5, 5.41) is 10.3. The number of hydrogen-bond donors (Lipinski definition) is 2. The van der Waals surface area contributed by atoms with E-state index in [-0.39, 0.29) is 17.1 Å². The van der Waals surface area contributed by atoms with Crippen molar-refractivity contribution in [3.8, 4) is 0 Å². The van der Waals surface area contributed by atoms with Crippen molar-refractivity contribution in [3.63, 3.8) is 0 Å². The first-order chi connectivity index (χ1) is 12.8. The summed E-state index contributed by atoms with van der Waals surface area (Å²) < 4.78 is 39.8. The van der Waals surface area contributed by atoms with Gasteiger partial charge in [0.1, 0.15) is 5.82 Å². The minimum Gasteiger partial charge on any atom is -0.320 e. The van der Waals surface area contributed by atoms with Gasteiger partial charge in [0.25, 0.3) is 5.91 Å². The zero-order valence-electron chi connectivity index (χ0n) is 14.3. The molecule has 0 atom stereocenters. The van der Waals surface area contributed by atoms with Crippen LogP contribution in [0.15, 0.2) is 54.7 Å². The van der Waals surface area contributed by atoms with Gasteiger partial charge in [0.05, 0.1) is 24.7 Å². The third kappa shape index (κ3) is 5.11. The number of nitrogens with zero attached hydrogens (tertiary/aromatic N) is 3. The smallest absolute Gasteiger partial charge is 0.277 e. The van der Waals surface area contributed by atoms with Crippen LogP contribution in [0.5, 0.6) is 0 Å². The molecule has 3 aromatic rings. The zero-order chi connectivity index (χ0) is 19.4. The maximum atomic E-state index is 13.7. The number of rotatable bonds is 6. The highest BCUT2D eigenvalue weighted by Crippen LogP contribution is 2.21. The van der Waals surface area contributed by atoms with Gasteiger partial charge in [0.15, 0.2) is 5.69 Å². The Morgan fingerprint density at radius 2 is 1.93 bits per heavy atom. The summed E-state index contributed by atoms with van der Waals surface area (Å²) in [6.07, 6.45) is 2.39. The summed E-state index contributed by atoms with van der Waals surface area (Å²) in [4.78, 5) is 12.3. The molecule has 1 aromatic heterocycles. The van der Waals surface area contributed by atoms with Crippen LogP contribution in [0.25, 0.3) is 0 Å². The van der Waals surface area contributed by atoms with E-state index in [2.05, 4.69) is 15.6 Å². The maximum absolute atomic E-state index is 13.7. The Morgan fingerprint density at radius 1 is 1.19 bits per heavy atom. The number of aromatic nitrogens is 3. The van der Waals surface area contributed by atoms with Gasteiger partial charge >= 0.3 is 0 Å². The third-order valence-corrected chi connectivity index (χ3v) is 4.07. The second kappa shape index (κ2) is 7.54. The average Bonchev–Trinajstić information content (AvgIpc) is 3.06. The molecule has 0 bridgehead atoms. The molecule has 0 fully saturated rings. The fourth-order valence-electron chi connectivity index (χ4n) is 2.33. The van der Waals surface area contributed by atoms with Crippen LogP contribution in [0.2, 0.25) is 0 Å². The van der Waals surface area contributed by atoms with E-state index in [0.29, 0.717) is 6.54 Å². The van der Waals surface area contributed by atoms with Gasteiger partial charge in [0, 0.05) is 5.69 Å². The van der Waals surface area contributed by atoms with Gasteiger partial charge in [-0.2, -0.15) is 0 Å². The van der Waals surface area contributed by atoms with Crippen molar-refractivity contribution in [1.29, 1.82) is 0 Å². The second-order valence-corrected chi connectivity index (χ2v) is 7.56. The van der Waals surface area contributed by atoms with Gasteiger partial charge in [-0.15, -0.1) is 5.10 Å². The summed E-state index contributed by atoms with van der Waals surface area (Å²) in [5.74, 6) is -1.31. The fourth-order valence-corrected chi connectivity index (χ4v) is 2.88. The third-order valence-electron chi connectivity index (χ3n) is 3.48. The largest absolute Gasteiger partial charge is 0.320 e. The monoisotopic (exact) mass is 389 g/mol. The van der Waals surface area contributed by atoms with Crippen LogP contribution in [0.1, 0.15) is 16.1 Å². The Morgan fingerprint density at radius 3 is 2.63 bits per heavy atom. The molecular formula is C17H16FN5O3S. The molecule has 0 aliphatic carbocycles. The van der Waals surface area contributed by atoms with Crippen LogP contribution in [-0.4, -0.2) is 35.6 Å². The van der Waals surface area contributed by atoms with E-state index >= 15 is 0 Å². The van der Waals surface area contributed by atoms with Crippen LogP contribution in [0.3, 0.4) is 0 Å². The quantitative estimate of drug-likeness (QED) is 0.671. The van der Waals surface area contributed by atoms with Crippen molar-refractivity contribution >= 4 is 27.3 Å². The van der Waals surface area contributed by atoms with Crippen molar-refractivity contribution in [1.82, 2.24) is 15.0 Å². The molecule has 1 heterocycles. The molecule has 0 aliphatic heterocycles. The Balaban J connectivity index is 1.71. The number of carbonyl (C=O) groups is 1. The highest BCUT2D eigenvalue weighted by Gasteiger charge is 2.14. The van der Waals surface area contributed by atoms with E-state index in [1.165, 1.54) is 23.0 Å². The number of sulfonamides is 1. The van der Waals surface area contributed by atoms with E-state index in [1.54, 1.807) is 0 Å². The maximum Gasteiger partial charge on any atom is 0.277 e. The van der Waals surface area contributed by atoms with E-state index in [4.69, 9.17) is 0 Å². The highest BCUT2D eigenvalue weighted by molar-refractivity contribution is 7.92. The lowest BCUT2D eigenvalue weighted by molar-refractivity contribution is 0.102. The molecule has 0 saturated heterocycles. The molecule has 0 aliphatic rings. The molecule has 1 amide bonds. The van der Waals surface area contributed by atoms with Crippen molar-refractivity contribution in [3.05, 3.63) is 71.8 Å². The van der Waals surface area contributed by atoms with Gasteiger partial charge in [-0.3, -0.25) is 9.52 Å². The highest BCUT2D eigenvalue weighted by atomic mass is 32.2.